The normalized spacial score (nSPS) is 12.4. The standard InChI is InChI=1S/C21H21N3O3S/c1-2-24-20(19-8-5-11-26-19)22-23-21(24)28-14-17(25)13-27-18-10-9-15-6-3-4-7-16(15)12-18/h3-12,17,25H,2,13-14H2,1H3. The second-order valence-corrected chi connectivity index (χ2v) is 7.30. The van der Waals surface area contributed by atoms with Gasteiger partial charge in [-0.25, -0.2) is 0 Å². The molecule has 0 saturated heterocycles. The van der Waals surface area contributed by atoms with Gasteiger partial charge in [-0.3, -0.25) is 4.57 Å². The summed E-state index contributed by atoms with van der Waals surface area (Å²) in [7, 11) is 0. The average Bonchev–Trinajstić information content (AvgIpc) is 3.39. The summed E-state index contributed by atoms with van der Waals surface area (Å²) < 4.78 is 13.2. The largest absolute Gasteiger partial charge is 0.491 e. The van der Waals surface area contributed by atoms with Gasteiger partial charge in [-0.05, 0) is 42.0 Å². The number of aliphatic hydroxyl groups excluding tert-OH is 1. The molecule has 4 rings (SSSR count). The van der Waals surface area contributed by atoms with Crippen LogP contribution in [0, 0.1) is 0 Å². The molecule has 0 aliphatic carbocycles. The van der Waals surface area contributed by atoms with Crippen LogP contribution >= 0.6 is 11.8 Å². The number of thioether (sulfide) groups is 1. The third kappa shape index (κ3) is 4.05. The van der Waals surface area contributed by atoms with Crippen LogP contribution in [0.4, 0.5) is 0 Å². The minimum atomic E-state index is -0.620. The van der Waals surface area contributed by atoms with Crippen LogP contribution in [0.15, 0.2) is 70.4 Å². The Balaban J connectivity index is 1.35. The molecule has 0 aliphatic heterocycles. The Morgan fingerprint density at radius 2 is 1.96 bits per heavy atom. The summed E-state index contributed by atoms with van der Waals surface area (Å²) >= 11 is 1.45. The minimum absolute atomic E-state index is 0.219. The van der Waals surface area contributed by atoms with Gasteiger partial charge in [0, 0.05) is 12.3 Å². The number of aliphatic hydroxyl groups is 1. The molecule has 7 heteroatoms. The molecule has 1 unspecified atom stereocenters. The third-order valence-corrected chi connectivity index (χ3v) is 5.45. The maximum absolute atomic E-state index is 10.3. The van der Waals surface area contributed by atoms with E-state index in [9.17, 15) is 5.11 Å². The molecule has 1 N–H and O–H groups in total. The first-order valence-electron chi connectivity index (χ1n) is 9.14. The van der Waals surface area contributed by atoms with E-state index in [0.29, 0.717) is 17.3 Å². The van der Waals surface area contributed by atoms with Crippen molar-refractivity contribution in [2.45, 2.75) is 24.7 Å². The summed E-state index contributed by atoms with van der Waals surface area (Å²) in [5.74, 6) is 2.59. The molecular formula is C21H21N3O3S. The summed E-state index contributed by atoms with van der Waals surface area (Å²) in [6.07, 6.45) is 0.996. The van der Waals surface area contributed by atoms with Gasteiger partial charge in [-0.15, -0.1) is 10.2 Å². The molecule has 0 amide bonds. The van der Waals surface area contributed by atoms with Gasteiger partial charge in [0.05, 0.1) is 12.4 Å². The fraction of sp³-hybridized carbons (Fsp3) is 0.238. The van der Waals surface area contributed by atoms with Crippen molar-refractivity contribution in [2.24, 2.45) is 0 Å². The predicted molar refractivity (Wildman–Crippen MR) is 110 cm³/mol. The number of benzene rings is 2. The van der Waals surface area contributed by atoms with E-state index < -0.39 is 6.10 Å². The molecule has 0 spiro atoms. The lowest BCUT2D eigenvalue weighted by molar-refractivity contribution is 0.126. The van der Waals surface area contributed by atoms with Crippen LogP contribution < -0.4 is 4.74 Å². The maximum atomic E-state index is 10.3. The van der Waals surface area contributed by atoms with Crippen molar-refractivity contribution in [3.63, 3.8) is 0 Å². The fourth-order valence-corrected chi connectivity index (χ4v) is 3.84. The highest BCUT2D eigenvalue weighted by Crippen LogP contribution is 2.25. The number of fused-ring (bicyclic) bond motifs is 1. The highest BCUT2D eigenvalue weighted by Gasteiger charge is 2.16. The van der Waals surface area contributed by atoms with Crippen molar-refractivity contribution in [2.75, 3.05) is 12.4 Å². The van der Waals surface area contributed by atoms with Crippen molar-refractivity contribution in [3.8, 4) is 17.3 Å². The Kier molecular flexibility index (Phi) is 5.64. The molecule has 6 nitrogen and oxygen atoms in total. The fourth-order valence-electron chi connectivity index (χ4n) is 2.94. The van der Waals surface area contributed by atoms with Crippen LogP contribution in [-0.2, 0) is 6.54 Å². The smallest absolute Gasteiger partial charge is 0.200 e. The van der Waals surface area contributed by atoms with Crippen LogP contribution in [0.5, 0.6) is 5.75 Å². The Bertz CT molecular complexity index is 1050. The Morgan fingerprint density at radius 1 is 1.11 bits per heavy atom. The first-order valence-corrected chi connectivity index (χ1v) is 10.1. The van der Waals surface area contributed by atoms with Crippen molar-refractivity contribution in [1.82, 2.24) is 14.8 Å². The summed E-state index contributed by atoms with van der Waals surface area (Å²) in [4.78, 5) is 0. The number of rotatable bonds is 8. The highest BCUT2D eigenvalue weighted by molar-refractivity contribution is 7.99. The van der Waals surface area contributed by atoms with E-state index in [1.165, 1.54) is 11.8 Å². The number of furan rings is 1. The van der Waals surface area contributed by atoms with Gasteiger partial charge >= 0.3 is 0 Å². The lowest BCUT2D eigenvalue weighted by Gasteiger charge is -2.13. The molecule has 0 radical (unpaired) electrons. The molecule has 2 aromatic carbocycles. The molecule has 28 heavy (non-hydrogen) atoms. The molecule has 144 valence electrons. The monoisotopic (exact) mass is 395 g/mol. The van der Waals surface area contributed by atoms with E-state index in [0.717, 1.165) is 28.2 Å². The van der Waals surface area contributed by atoms with Crippen molar-refractivity contribution >= 4 is 22.5 Å². The number of hydrogen-bond acceptors (Lipinski definition) is 6. The SMILES string of the molecule is CCn1c(SCC(O)COc2ccc3ccccc3c2)nnc1-c1ccco1. The average molecular weight is 395 g/mol. The number of ether oxygens (including phenoxy) is 1. The van der Waals surface area contributed by atoms with Gasteiger partial charge in [0.2, 0.25) is 0 Å². The summed E-state index contributed by atoms with van der Waals surface area (Å²) in [6.45, 7) is 2.96. The van der Waals surface area contributed by atoms with Crippen LogP contribution in [-0.4, -0.2) is 38.3 Å². The van der Waals surface area contributed by atoms with E-state index in [-0.39, 0.29) is 6.61 Å². The molecule has 0 fully saturated rings. The van der Waals surface area contributed by atoms with E-state index in [1.807, 2.05) is 60.0 Å². The van der Waals surface area contributed by atoms with Gasteiger partial charge in [-0.1, -0.05) is 42.1 Å². The van der Waals surface area contributed by atoms with E-state index in [1.54, 1.807) is 6.26 Å². The zero-order valence-corrected chi connectivity index (χ0v) is 16.3. The molecule has 2 aromatic heterocycles. The molecule has 2 heterocycles. The van der Waals surface area contributed by atoms with Crippen molar-refractivity contribution < 1.29 is 14.3 Å². The molecule has 4 aromatic rings. The van der Waals surface area contributed by atoms with E-state index in [4.69, 9.17) is 9.15 Å². The van der Waals surface area contributed by atoms with Crippen molar-refractivity contribution in [1.29, 1.82) is 0 Å². The summed E-state index contributed by atoms with van der Waals surface area (Å²) in [6, 6.07) is 17.7. The van der Waals surface area contributed by atoms with Crippen molar-refractivity contribution in [3.05, 3.63) is 60.9 Å². The lowest BCUT2D eigenvalue weighted by Crippen LogP contribution is -2.20. The first-order chi connectivity index (χ1) is 13.7. The van der Waals surface area contributed by atoms with Crippen LogP contribution in [0.1, 0.15) is 6.92 Å². The molecule has 0 aliphatic rings. The van der Waals surface area contributed by atoms with Gasteiger partial charge < -0.3 is 14.3 Å². The molecule has 1 atom stereocenters. The number of hydrogen-bond donors (Lipinski definition) is 1. The van der Waals surface area contributed by atoms with E-state index >= 15 is 0 Å². The van der Waals surface area contributed by atoms with Crippen LogP contribution in [0.3, 0.4) is 0 Å². The second-order valence-electron chi connectivity index (χ2n) is 6.31. The summed E-state index contributed by atoms with van der Waals surface area (Å²) in [5, 5.41) is 21.8. The first kappa shape index (κ1) is 18.6. The zero-order valence-electron chi connectivity index (χ0n) is 15.5. The quantitative estimate of drug-likeness (QED) is 0.450. The number of nitrogens with zero attached hydrogens (tertiary/aromatic N) is 3. The summed E-state index contributed by atoms with van der Waals surface area (Å²) in [5.41, 5.74) is 0. The second kappa shape index (κ2) is 8.50. The minimum Gasteiger partial charge on any atom is -0.491 e. The molecule has 0 bridgehead atoms. The van der Waals surface area contributed by atoms with Gasteiger partial charge in [0.1, 0.15) is 12.4 Å². The number of aromatic nitrogens is 3. The van der Waals surface area contributed by atoms with Gasteiger partial charge in [0.15, 0.2) is 16.7 Å². The van der Waals surface area contributed by atoms with Crippen LogP contribution in [0.2, 0.25) is 0 Å². The topological polar surface area (TPSA) is 73.3 Å². The van der Waals surface area contributed by atoms with Gasteiger partial charge in [-0.2, -0.15) is 0 Å². The Hall–Kier alpha value is -2.77. The molecular weight excluding hydrogens is 374 g/mol. The predicted octanol–water partition coefficient (Wildman–Crippen LogP) is 4.24. The van der Waals surface area contributed by atoms with Gasteiger partial charge in [0.25, 0.3) is 0 Å². The molecule has 0 saturated carbocycles. The maximum Gasteiger partial charge on any atom is 0.200 e. The van der Waals surface area contributed by atoms with Crippen LogP contribution in [0.25, 0.3) is 22.4 Å². The third-order valence-electron chi connectivity index (χ3n) is 4.34. The Morgan fingerprint density at radius 3 is 2.75 bits per heavy atom. The Labute approximate surface area is 167 Å². The highest BCUT2D eigenvalue weighted by atomic mass is 32.2. The zero-order chi connectivity index (χ0) is 19.3. The lowest BCUT2D eigenvalue weighted by atomic mass is 10.1. The van der Waals surface area contributed by atoms with E-state index in [2.05, 4.69) is 16.3 Å².